The van der Waals surface area contributed by atoms with Gasteiger partial charge in [0.1, 0.15) is 5.75 Å². The van der Waals surface area contributed by atoms with Crippen LogP contribution in [0.2, 0.25) is 0 Å². The number of ether oxygens (including phenoxy) is 1. The Morgan fingerprint density at radius 2 is 1.71 bits per heavy atom. The second-order valence-corrected chi connectivity index (χ2v) is 7.28. The lowest BCUT2D eigenvalue weighted by atomic mass is 10.2. The van der Waals surface area contributed by atoms with Crippen LogP contribution in [0.15, 0.2) is 30.5 Å². The molecule has 0 unspecified atom stereocenters. The van der Waals surface area contributed by atoms with Crippen molar-refractivity contribution in [3.05, 3.63) is 47.3 Å². The normalized spacial score (nSPS) is 14.5. The van der Waals surface area contributed by atoms with E-state index in [-0.39, 0.29) is 25.0 Å². The van der Waals surface area contributed by atoms with Crippen LogP contribution in [-0.2, 0) is 6.18 Å². The number of amides is 2. The lowest BCUT2D eigenvalue weighted by Crippen LogP contribution is -2.35. The molecule has 168 valence electrons. The van der Waals surface area contributed by atoms with E-state index in [1.54, 1.807) is 24.3 Å². The first-order valence-corrected chi connectivity index (χ1v) is 10.2. The molecular weight excluding hydrogens is 413 g/mol. The zero-order chi connectivity index (χ0) is 22.4. The number of carbonyl (C=O) groups is 2. The first-order chi connectivity index (χ1) is 14.8. The highest BCUT2D eigenvalue weighted by Crippen LogP contribution is 2.34. The molecule has 1 aliphatic rings. The number of hydrogen-bond donors (Lipinski definition) is 2. The zero-order valence-electron chi connectivity index (χ0n) is 17.2. The molecule has 7 nitrogen and oxygen atoms in total. The number of nitrogens with zero attached hydrogens (tertiary/aromatic N) is 2. The lowest BCUT2D eigenvalue weighted by Gasteiger charge is -2.09. The Hall–Kier alpha value is -3.04. The van der Waals surface area contributed by atoms with Gasteiger partial charge in [-0.15, -0.1) is 0 Å². The zero-order valence-corrected chi connectivity index (χ0v) is 17.2. The van der Waals surface area contributed by atoms with Crippen molar-refractivity contribution in [2.45, 2.75) is 44.8 Å². The van der Waals surface area contributed by atoms with Crippen molar-refractivity contribution in [3.8, 4) is 5.75 Å². The van der Waals surface area contributed by atoms with Crippen molar-refractivity contribution in [3.63, 3.8) is 0 Å². The van der Waals surface area contributed by atoms with Crippen LogP contribution < -0.4 is 15.4 Å². The Balaban J connectivity index is 1.55. The maximum atomic E-state index is 13.3. The van der Waals surface area contributed by atoms with Gasteiger partial charge in [0, 0.05) is 24.8 Å². The van der Waals surface area contributed by atoms with Gasteiger partial charge in [0.2, 0.25) is 0 Å². The highest BCUT2D eigenvalue weighted by molar-refractivity contribution is 5.96. The van der Waals surface area contributed by atoms with Gasteiger partial charge in [-0.25, -0.2) is 0 Å². The van der Waals surface area contributed by atoms with Crippen molar-refractivity contribution in [1.29, 1.82) is 0 Å². The summed E-state index contributed by atoms with van der Waals surface area (Å²) in [5.41, 5.74) is -1.28. The number of carbonyl (C=O) groups excluding carboxylic acids is 2. The molecule has 1 saturated carbocycles. The Kier molecular flexibility index (Phi) is 7.19. The lowest BCUT2D eigenvalue weighted by molar-refractivity contribution is -0.141. The van der Waals surface area contributed by atoms with Crippen molar-refractivity contribution >= 4 is 11.8 Å². The van der Waals surface area contributed by atoms with Gasteiger partial charge in [0.05, 0.1) is 18.2 Å². The maximum absolute atomic E-state index is 13.3. The molecule has 1 fully saturated rings. The minimum Gasteiger partial charge on any atom is -0.494 e. The molecule has 0 spiro atoms. The third kappa shape index (κ3) is 5.77. The highest BCUT2D eigenvalue weighted by atomic mass is 19.4. The molecule has 1 aliphatic carbocycles. The van der Waals surface area contributed by atoms with E-state index in [2.05, 4.69) is 15.7 Å². The number of halogens is 3. The third-order valence-electron chi connectivity index (χ3n) is 5.07. The van der Waals surface area contributed by atoms with Gasteiger partial charge in [0.25, 0.3) is 11.8 Å². The van der Waals surface area contributed by atoms with Crippen molar-refractivity contribution in [2.24, 2.45) is 0 Å². The van der Waals surface area contributed by atoms with Crippen LogP contribution >= 0.6 is 0 Å². The topological polar surface area (TPSA) is 85.3 Å². The summed E-state index contributed by atoms with van der Waals surface area (Å²) in [5, 5.41) is 8.69. The van der Waals surface area contributed by atoms with Crippen LogP contribution in [0.1, 0.15) is 65.1 Å². The second-order valence-electron chi connectivity index (χ2n) is 7.28. The molecule has 2 aromatic rings. The molecule has 0 atom stereocenters. The highest BCUT2D eigenvalue weighted by Gasteiger charge is 2.40. The Bertz CT molecular complexity index is 904. The van der Waals surface area contributed by atoms with Crippen LogP contribution in [0.25, 0.3) is 0 Å². The average Bonchev–Trinajstić information content (AvgIpc) is 3.41. The molecule has 0 radical (unpaired) electrons. The fraction of sp³-hybridized carbons (Fsp3) is 0.476. The van der Waals surface area contributed by atoms with E-state index in [1.807, 2.05) is 6.92 Å². The van der Waals surface area contributed by atoms with Gasteiger partial charge in [0.15, 0.2) is 5.69 Å². The van der Waals surface area contributed by atoms with E-state index >= 15 is 0 Å². The number of hydrogen-bond acceptors (Lipinski definition) is 4. The average molecular weight is 438 g/mol. The maximum Gasteiger partial charge on any atom is 0.435 e. The first-order valence-electron chi connectivity index (χ1n) is 10.2. The van der Waals surface area contributed by atoms with Gasteiger partial charge in [-0.1, -0.05) is 12.8 Å². The van der Waals surface area contributed by atoms with Gasteiger partial charge in [-0.2, -0.15) is 18.3 Å². The summed E-state index contributed by atoms with van der Waals surface area (Å²) in [7, 11) is 0. The summed E-state index contributed by atoms with van der Waals surface area (Å²) in [5.74, 6) is -0.584. The predicted molar refractivity (Wildman–Crippen MR) is 107 cm³/mol. The molecular formula is C21H25F3N4O3. The number of nitrogens with one attached hydrogen (secondary N) is 2. The summed E-state index contributed by atoms with van der Waals surface area (Å²) in [6.45, 7) is 2.41. The van der Waals surface area contributed by atoms with Gasteiger partial charge < -0.3 is 15.4 Å². The SMILES string of the molecule is CCOc1ccc(C(=O)NCCNC(=O)c2cn(C3CCCC3)nc2C(F)(F)F)cc1. The number of aromatic nitrogens is 2. The summed E-state index contributed by atoms with van der Waals surface area (Å²) >= 11 is 0. The third-order valence-corrected chi connectivity index (χ3v) is 5.07. The molecule has 10 heteroatoms. The van der Waals surface area contributed by atoms with Gasteiger partial charge >= 0.3 is 6.18 Å². The Labute approximate surface area is 178 Å². The molecule has 2 N–H and O–H groups in total. The summed E-state index contributed by atoms with van der Waals surface area (Å²) < 4.78 is 46.6. The minimum absolute atomic E-state index is 0.0203. The summed E-state index contributed by atoms with van der Waals surface area (Å²) in [6.07, 6.45) is -0.191. The summed E-state index contributed by atoms with van der Waals surface area (Å²) in [6, 6.07) is 6.43. The monoisotopic (exact) mass is 438 g/mol. The molecule has 0 aliphatic heterocycles. The van der Waals surface area contributed by atoms with E-state index in [0.29, 0.717) is 17.9 Å². The van der Waals surface area contributed by atoms with E-state index in [4.69, 9.17) is 4.74 Å². The number of benzene rings is 1. The molecule has 31 heavy (non-hydrogen) atoms. The van der Waals surface area contributed by atoms with Gasteiger partial charge in [-0.05, 0) is 44.0 Å². The first kappa shape index (κ1) is 22.6. The molecule has 1 aromatic carbocycles. The van der Waals surface area contributed by atoms with Crippen LogP contribution in [0.3, 0.4) is 0 Å². The van der Waals surface area contributed by atoms with Crippen molar-refractivity contribution in [1.82, 2.24) is 20.4 Å². The van der Waals surface area contributed by atoms with E-state index in [1.165, 1.54) is 10.9 Å². The van der Waals surface area contributed by atoms with E-state index < -0.39 is 23.3 Å². The Morgan fingerprint density at radius 3 is 2.29 bits per heavy atom. The van der Waals surface area contributed by atoms with Crippen LogP contribution in [0, 0.1) is 0 Å². The van der Waals surface area contributed by atoms with E-state index in [0.717, 1.165) is 25.7 Å². The Morgan fingerprint density at radius 1 is 1.10 bits per heavy atom. The molecule has 2 amide bonds. The fourth-order valence-corrected chi connectivity index (χ4v) is 3.54. The molecule has 1 aromatic heterocycles. The van der Waals surface area contributed by atoms with Gasteiger partial charge in [-0.3, -0.25) is 14.3 Å². The molecule has 0 saturated heterocycles. The number of rotatable bonds is 8. The van der Waals surface area contributed by atoms with Crippen molar-refractivity contribution < 1.29 is 27.5 Å². The molecule has 1 heterocycles. The van der Waals surface area contributed by atoms with Crippen LogP contribution in [-0.4, -0.2) is 41.3 Å². The van der Waals surface area contributed by atoms with Crippen molar-refractivity contribution in [2.75, 3.05) is 19.7 Å². The minimum atomic E-state index is -4.72. The fourth-order valence-electron chi connectivity index (χ4n) is 3.54. The van der Waals surface area contributed by atoms with E-state index in [9.17, 15) is 22.8 Å². The quantitative estimate of drug-likeness (QED) is 0.617. The smallest absolute Gasteiger partial charge is 0.435 e. The number of alkyl halides is 3. The molecule has 0 bridgehead atoms. The summed E-state index contributed by atoms with van der Waals surface area (Å²) in [4.78, 5) is 24.5. The van der Waals surface area contributed by atoms with Crippen LogP contribution in [0.5, 0.6) is 5.75 Å². The van der Waals surface area contributed by atoms with Crippen LogP contribution in [0.4, 0.5) is 13.2 Å². The predicted octanol–water partition coefficient (Wildman–Crippen LogP) is 3.58. The second kappa shape index (κ2) is 9.84. The standard InChI is InChI=1S/C21H25F3N4O3/c1-2-31-16-9-7-14(8-10-16)19(29)25-11-12-26-20(30)17-13-28(15-5-3-4-6-15)27-18(17)21(22,23)24/h7-10,13,15H,2-6,11-12H2,1H3,(H,25,29)(H,26,30). The largest absolute Gasteiger partial charge is 0.494 e. The molecule has 3 rings (SSSR count).